The van der Waals surface area contributed by atoms with Crippen LogP contribution < -0.4 is 15.4 Å². The molecule has 0 saturated heterocycles. The molecule has 1 aliphatic rings. The van der Waals surface area contributed by atoms with Crippen molar-refractivity contribution in [1.29, 1.82) is 0 Å². The van der Waals surface area contributed by atoms with Crippen LogP contribution in [0.2, 0.25) is 0 Å². The first-order valence-electron chi connectivity index (χ1n) is 8.64. The van der Waals surface area contributed by atoms with Crippen molar-refractivity contribution in [2.24, 2.45) is 5.92 Å². The Bertz CT molecular complexity index is 844. The van der Waals surface area contributed by atoms with Crippen molar-refractivity contribution in [2.75, 3.05) is 17.2 Å². The SMILES string of the molecule is O=C(O)Cc1ccc(NC(=O)COc2cccc(NC(=O)C3CC3)c2)cc1. The predicted octanol–water partition coefficient (Wildman–Crippen LogP) is 2.68. The van der Waals surface area contributed by atoms with Crippen LogP contribution in [0, 0.1) is 5.92 Å². The fraction of sp³-hybridized carbons (Fsp3) is 0.250. The number of carbonyl (C=O) groups is 3. The lowest BCUT2D eigenvalue weighted by molar-refractivity contribution is -0.136. The van der Waals surface area contributed by atoms with Crippen molar-refractivity contribution in [3.8, 4) is 5.75 Å². The number of ether oxygens (including phenoxy) is 1. The van der Waals surface area contributed by atoms with E-state index < -0.39 is 5.97 Å². The first-order valence-corrected chi connectivity index (χ1v) is 8.64. The fourth-order valence-corrected chi connectivity index (χ4v) is 2.48. The Morgan fingerprint density at radius 1 is 1.00 bits per heavy atom. The predicted molar refractivity (Wildman–Crippen MR) is 99.7 cm³/mol. The van der Waals surface area contributed by atoms with Crippen molar-refractivity contribution < 1.29 is 24.2 Å². The molecule has 7 heteroatoms. The Labute approximate surface area is 156 Å². The highest BCUT2D eigenvalue weighted by molar-refractivity contribution is 5.94. The molecular weight excluding hydrogens is 348 g/mol. The van der Waals surface area contributed by atoms with Crippen LogP contribution in [0.25, 0.3) is 0 Å². The Morgan fingerprint density at radius 3 is 2.41 bits per heavy atom. The van der Waals surface area contributed by atoms with Gasteiger partial charge in [-0.2, -0.15) is 0 Å². The van der Waals surface area contributed by atoms with Gasteiger partial charge in [-0.05, 0) is 42.7 Å². The second kappa shape index (κ2) is 8.35. The quantitative estimate of drug-likeness (QED) is 0.664. The molecule has 0 aliphatic heterocycles. The standard InChI is InChI=1S/C20H20N2O5/c23-18(21-15-8-4-13(5-9-15)10-19(24)25)12-27-17-3-1-2-16(11-17)22-20(26)14-6-7-14/h1-5,8-9,11,14H,6-7,10,12H2,(H,21,23)(H,22,26)(H,24,25). The molecule has 0 heterocycles. The van der Waals surface area contributed by atoms with E-state index in [1.807, 2.05) is 0 Å². The lowest BCUT2D eigenvalue weighted by atomic mass is 10.1. The molecule has 0 aromatic heterocycles. The molecule has 3 rings (SSSR count). The van der Waals surface area contributed by atoms with Gasteiger partial charge in [0.25, 0.3) is 5.91 Å². The van der Waals surface area contributed by atoms with Crippen molar-refractivity contribution >= 4 is 29.2 Å². The summed E-state index contributed by atoms with van der Waals surface area (Å²) in [6.45, 7) is -0.184. The molecule has 1 fully saturated rings. The van der Waals surface area contributed by atoms with Gasteiger partial charge in [-0.3, -0.25) is 14.4 Å². The van der Waals surface area contributed by atoms with Crippen LogP contribution in [0.1, 0.15) is 18.4 Å². The summed E-state index contributed by atoms with van der Waals surface area (Å²) >= 11 is 0. The summed E-state index contributed by atoms with van der Waals surface area (Å²) in [6, 6.07) is 13.5. The number of carboxylic acid groups (broad SMARTS) is 1. The molecule has 27 heavy (non-hydrogen) atoms. The van der Waals surface area contributed by atoms with E-state index in [4.69, 9.17) is 9.84 Å². The van der Waals surface area contributed by atoms with Gasteiger partial charge >= 0.3 is 5.97 Å². The minimum atomic E-state index is -0.907. The number of aliphatic carboxylic acids is 1. The zero-order chi connectivity index (χ0) is 19.2. The second-order valence-corrected chi connectivity index (χ2v) is 6.40. The number of amides is 2. The molecule has 0 radical (unpaired) electrons. The number of benzene rings is 2. The summed E-state index contributed by atoms with van der Waals surface area (Å²) in [7, 11) is 0. The molecule has 2 amide bonds. The fourth-order valence-electron chi connectivity index (χ4n) is 2.48. The van der Waals surface area contributed by atoms with Gasteiger partial charge < -0.3 is 20.5 Å². The van der Waals surface area contributed by atoms with E-state index in [0.717, 1.165) is 12.8 Å². The van der Waals surface area contributed by atoms with E-state index in [9.17, 15) is 14.4 Å². The maximum atomic E-state index is 12.0. The van der Waals surface area contributed by atoms with Crippen LogP contribution in [-0.4, -0.2) is 29.5 Å². The van der Waals surface area contributed by atoms with Crippen LogP contribution in [0.3, 0.4) is 0 Å². The van der Waals surface area contributed by atoms with E-state index >= 15 is 0 Å². The molecule has 0 unspecified atom stereocenters. The minimum absolute atomic E-state index is 0.0104. The summed E-state index contributed by atoms with van der Waals surface area (Å²) in [5.41, 5.74) is 1.85. The summed E-state index contributed by atoms with van der Waals surface area (Å²) in [4.78, 5) is 34.5. The van der Waals surface area contributed by atoms with E-state index in [-0.39, 0.29) is 30.8 Å². The highest BCUT2D eigenvalue weighted by Gasteiger charge is 2.29. The Balaban J connectivity index is 1.48. The normalized spacial score (nSPS) is 12.9. The molecule has 1 saturated carbocycles. The molecule has 1 aliphatic carbocycles. The van der Waals surface area contributed by atoms with Gasteiger partial charge in [0.1, 0.15) is 5.75 Å². The zero-order valence-electron chi connectivity index (χ0n) is 14.6. The maximum absolute atomic E-state index is 12.0. The lowest BCUT2D eigenvalue weighted by Crippen LogP contribution is -2.20. The Kier molecular flexibility index (Phi) is 5.71. The number of carbonyl (C=O) groups excluding carboxylic acids is 2. The topological polar surface area (TPSA) is 105 Å². The van der Waals surface area contributed by atoms with Gasteiger partial charge in [0.2, 0.25) is 5.91 Å². The van der Waals surface area contributed by atoms with Crippen LogP contribution in [-0.2, 0) is 20.8 Å². The highest BCUT2D eigenvalue weighted by atomic mass is 16.5. The Morgan fingerprint density at radius 2 is 1.74 bits per heavy atom. The van der Waals surface area contributed by atoms with Crippen molar-refractivity contribution in [3.63, 3.8) is 0 Å². The number of carboxylic acids is 1. The third kappa shape index (κ3) is 5.85. The number of anilines is 2. The third-order valence-electron chi connectivity index (χ3n) is 4.01. The molecule has 2 aromatic carbocycles. The highest BCUT2D eigenvalue weighted by Crippen LogP contribution is 2.30. The molecule has 0 spiro atoms. The third-order valence-corrected chi connectivity index (χ3v) is 4.01. The summed E-state index contributed by atoms with van der Waals surface area (Å²) in [5, 5.41) is 14.3. The van der Waals surface area contributed by atoms with Crippen LogP contribution in [0.5, 0.6) is 5.75 Å². The lowest BCUT2D eigenvalue weighted by Gasteiger charge is -2.10. The number of rotatable bonds is 8. The van der Waals surface area contributed by atoms with Crippen molar-refractivity contribution in [2.45, 2.75) is 19.3 Å². The average Bonchev–Trinajstić information content (AvgIpc) is 3.47. The van der Waals surface area contributed by atoms with E-state index in [1.165, 1.54) is 0 Å². The molecule has 2 aromatic rings. The average molecular weight is 368 g/mol. The molecule has 3 N–H and O–H groups in total. The maximum Gasteiger partial charge on any atom is 0.307 e. The number of hydrogen-bond donors (Lipinski definition) is 3. The van der Waals surface area contributed by atoms with E-state index in [1.54, 1.807) is 48.5 Å². The monoisotopic (exact) mass is 368 g/mol. The molecular formula is C20H20N2O5. The molecule has 7 nitrogen and oxygen atoms in total. The van der Waals surface area contributed by atoms with Crippen LogP contribution in [0.15, 0.2) is 48.5 Å². The van der Waals surface area contributed by atoms with Gasteiger partial charge in [0, 0.05) is 23.4 Å². The van der Waals surface area contributed by atoms with Crippen molar-refractivity contribution in [1.82, 2.24) is 0 Å². The van der Waals surface area contributed by atoms with Gasteiger partial charge in [0.05, 0.1) is 6.42 Å². The summed E-state index contributed by atoms with van der Waals surface area (Å²) in [6.07, 6.45) is 1.80. The number of nitrogens with one attached hydrogen (secondary N) is 2. The van der Waals surface area contributed by atoms with Crippen LogP contribution in [0.4, 0.5) is 11.4 Å². The van der Waals surface area contributed by atoms with Gasteiger partial charge in [-0.25, -0.2) is 0 Å². The molecule has 0 atom stereocenters. The molecule has 140 valence electrons. The number of hydrogen-bond acceptors (Lipinski definition) is 4. The van der Waals surface area contributed by atoms with Crippen LogP contribution >= 0.6 is 0 Å². The summed E-state index contributed by atoms with van der Waals surface area (Å²) < 4.78 is 5.47. The second-order valence-electron chi connectivity index (χ2n) is 6.40. The molecule has 0 bridgehead atoms. The van der Waals surface area contributed by atoms with E-state index in [2.05, 4.69) is 10.6 Å². The van der Waals surface area contributed by atoms with E-state index in [0.29, 0.717) is 22.7 Å². The first-order chi connectivity index (χ1) is 13.0. The zero-order valence-corrected chi connectivity index (χ0v) is 14.6. The Hall–Kier alpha value is -3.35. The minimum Gasteiger partial charge on any atom is -0.484 e. The van der Waals surface area contributed by atoms with Gasteiger partial charge in [-0.1, -0.05) is 18.2 Å². The first kappa shape index (κ1) is 18.4. The van der Waals surface area contributed by atoms with Gasteiger partial charge in [0.15, 0.2) is 6.61 Å². The van der Waals surface area contributed by atoms with Crippen molar-refractivity contribution in [3.05, 3.63) is 54.1 Å². The largest absolute Gasteiger partial charge is 0.484 e. The smallest absolute Gasteiger partial charge is 0.307 e. The summed E-state index contributed by atoms with van der Waals surface area (Å²) in [5.74, 6) is -0.641. The van der Waals surface area contributed by atoms with Gasteiger partial charge in [-0.15, -0.1) is 0 Å².